The molecule has 2 rings (SSSR count). The van der Waals surface area contributed by atoms with Gasteiger partial charge in [-0.05, 0) is 12.1 Å². The lowest BCUT2D eigenvalue weighted by Gasteiger charge is -2.26. The number of rotatable bonds is 3. The van der Waals surface area contributed by atoms with Crippen LogP contribution in [0.3, 0.4) is 0 Å². The van der Waals surface area contributed by atoms with Crippen molar-refractivity contribution in [3.63, 3.8) is 0 Å². The Morgan fingerprint density at radius 1 is 1.50 bits per heavy atom. The molecule has 0 aliphatic carbocycles. The molecule has 1 atom stereocenters. The van der Waals surface area contributed by atoms with Gasteiger partial charge >= 0.3 is 6.09 Å². The van der Waals surface area contributed by atoms with E-state index in [0.717, 1.165) is 10.6 Å². The van der Waals surface area contributed by atoms with Crippen LogP contribution in [0.25, 0.3) is 0 Å². The van der Waals surface area contributed by atoms with Crippen LogP contribution in [0.2, 0.25) is 0 Å². The fourth-order valence-corrected chi connectivity index (χ4v) is 2.49. The maximum Gasteiger partial charge on any atom is 0.405 e. The normalized spacial score (nSPS) is 17.8. The van der Waals surface area contributed by atoms with Crippen molar-refractivity contribution in [1.29, 1.82) is 0 Å². The van der Waals surface area contributed by atoms with Gasteiger partial charge in [0.1, 0.15) is 11.9 Å². The lowest BCUT2D eigenvalue weighted by Crippen LogP contribution is -2.26. The summed E-state index contributed by atoms with van der Waals surface area (Å²) in [7, 11) is -1.89. The minimum absolute atomic E-state index is 0.372. The minimum Gasteiger partial charge on any atom is -0.493 e. The number of fused-ring (bicyclic) bond motifs is 1. The number of primary amides is 1. The Bertz CT molecular complexity index is 629. The van der Waals surface area contributed by atoms with Crippen LogP contribution in [-0.2, 0) is 14.8 Å². The molecule has 0 aromatic heterocycles. The Labute approximate surface area is 117 Å². The highest BCUT2D eigenvalue weighted by atomic mass is 32.2. The van der Waals surface area contributed by atoms with Crippen LogP contribution >= 0.6 is 0 Å². The molecule has 0 saturated carbocycles. The second kappa shape index (κ2) is 5.20. The molecule has 1 aliphatic heterocycles. The summed E-state index contributed by atoms with van der Waals surface area (Å²) >= 11 is 0. The van der Waals surface area contributed by atoms with Gasteiger partial charge in [-0.2, -0.15) is 0 Å². The standard InChI is InChI=1S/C12H16N2O5S/c1-14(20(2,16)17)8-3-4-9-10(19-12(13)15)5-6-18-11(9)7-8/h3-4,7,10H,5-6H2,1-2H3,(H2,13,15). The molecule has 0 bridgehead atoms. The first-order valence-corrected chi connectivity index (χ1v) is 7.80. The number of sulfonamides is 1. The van der Waals surface area contributed by atoms with Gasteiger partial charge < -0.3 is 15.2 Å². The lowest BCUT2D eigenvalue weighted by atomic mass is 10.0. The van der Waals surface area contributed by atoms with E-state index < -0.39 is 22.2 Å². The van der Waals surface area contributed by atoms with Crippen LogP contribution in [0, 0.1) is 0 Å². The number of hydrogen-bond acceptors (Lipinski definition) is 5. The van der Waals surface area contributed by atoms with Crippen molar-refractivity contribution >= 4 is 21.8 Å². The number of carbonyl (C=O) groups excluding carboxylic acids is 1. The summed E-state index contributed by atoms with van der Waals surface area (Å²) in [6.45, 7) is 0.372. The van der Waals surface area contributed by atoms with E-state index in [1.807, 2.05) is 0 Å². The third-order valence-electron chi connectivity index (χ3n) is 3.10. The van der Waals surface area contributed by atoms with Crippen molar-refractivity contribution < 1.29 is 22.7 Å². The van der Waals surface area contributed by atoms with E-state index >= 15 is 0 Å². The van der Waals surface area contributed by atoms with Crippen molar-refractivity contribution in [2.24, 2.45) is 5.73 Å². The van der Waals surface area contributed by atoms with Gasteiger partial charge in [0, 0.05) is 25.1 Å². The molecule has 8 heteroatoms. The van der Waals surface area contributed by atoms with Gasteiger partial charge in [-0.25, -0.2) is 13.2 Å². The van der Waals surface area contributed by atoms with E-state index in [4.69, 9.17) is 15.2 Å². The fraction of sp³-hybridized carbons (Fsp3) is 0.417. The summed E-state index contributed by atoms with van der Waals surface area (Å²) in [4.78, 5) is 10.9. The summed E-state index contributed by atoms with van der Waals surface area (Å²) in [5.74, 6) is 0.496. The molecule has 1 amide bonds. The van der Waals surface area contributed by atoms with Gasteiger partial charge in [-0.1, -0.05) is 0 Å². The van der Waals surface area contributed by atoms with Crippen molar-refractivity contribution in [2.75, 3.05) is 24.2 Å². The number of hydrogen-bond donors (Lipinski definition) is 1. The summed E-state index contributed by atoms with van der Waals surface area (Å²) < 4.78 is 34.7. The summed E-state index contributed by atoms with van der Waals surface area (Å²) in [5.41, 5.74) is 6.19. The Hall–Kier alpha value is -1.96. The average Bonchev–Trinajstić information content (AvgIpc) is 2.36. The van der Waals surface area contributed by atoms with Gasteiger partial charge in [0.15, 0.2) is 0 Å². The number of ether oxygens (including phenoxy) is 2. The SMILES string of the molecule is CN(c1ccc2c(c1)OCCC2OC(N)=O)S(C)(=O)=O. The van der Waals surface area contributed by atoms with E-state index in [9.17, 15) is 13.2 Å². The van der Waals surface area contributed by atoms with Crippen LogP contribution in [0.4, 0.5) is 10.5 Å². The summed E-state index contributed by atoms with van der Waals surface area (Å²) in [5, 5.41) is 0. The largest absolute Gasteiger partial charge is 0.493 e. The van der Waals surface area contributed by atoms with Crippen molar-refractivity contribution in [3.05, 3.63) is 23.8 Å². The molecule has 1 unspecified atom stereocenters. The second-order valence-electron chi connectivity index (χ2n) is 4.52. The fourth-order valence-electron chi connectivity index (χ4n) is 2.00. The maximum absolute atomic E-state index is 11.5. The highest BCUT2D eigenvalue weighted by Gasteiger charge is 2.25. The highest BCUT2D eigenvalue weighted by Crippen LogP contribution is 2.37. The molecule has 0 fully saturated rings. The molecule has 0 spiro atoms. The molecule has 20 heavy (non-hydrogen) atoms. The number of nitrogens with zero attached hydrogens (tertiary/aromatic N) is 1. The quantitative estimate of drug-likeness (QED) is 0.897. The molecule has 1 aliphatic rings. The Balaban J connectivity index is 2.34. The third kappa shape index (κ3) is 2.96. The van der Waals surface area contributed by atoms with E-state index in [0.29, 0.717) is 30.0 Å². The smallest absolute Gasteiger partial charge is 0.405 e. The Kier molecular flexibility index (Phi) is 3.76. The number of benzene rings is 1. The number of anilines is 1. The van der Waals surface area contributed by atoms with E-state index in [1.165, 1.54) is 7.05 Å². The molecule has 1 aromatic rings. The van der Waals surface area contributed by atoms with Crippen LogP contribution < -0.4 is 14.8 Å². The van der Waals surface area contributed by atoms with Crippen molar-refractivity contribution in [3.8, 4) is 5.75 Å². The third-order valence-corrected chi connectivity index (χ3v) is 4.31. The lowest BCUT2D eigenvalue weighted by molar-refractivity contribution is 0.0766. The topological polar surface area (TPSA) is 98.9 Å². The van der Waals surface area contributed by atoms with E-state index in [1.54, 1.807) is 18.2 Å². The summed E-state index contributed by atoms with van der Waals surface area (Å²) in [6.07, 6.45) is 0.317. The highest BCUT2D eigenvalue weighted by molar-refractivity contribution is 7.92. The minimum atomic E-state index is -3.34. The first-order valence-electron chi connectivity index (χ1n) is 5.96. The first kappa shape index (κ1) is 14.4. The monoisotopic (exact) mass is 300 g/mol. The number of carbonyl (C=O) groups is 1. The van der Waals surface area contributed by atoms with E-state index in [-0.39, 0.29) is 0 Å². The molecule has 2 N–H and O–H groups in total. The van der Waals surface area contributed by atoms with Crippen LogP contribution in [-0.4, -0.2) is 34.4 Å². The first-order chi connectivity index (χ1) is 9.29. The van der Waals surface area contributed by atoms with Crippen LogP contribution in [0.5, 0.6) is 5.75 Å². The van der Waals surface area contributed by atoms with Gasteiger partial charge in [0.25, 0.3) is 0 Å². The van der Waals surface area contributed by atoms with Crippen LogP contribution in [0.15, 0.2) is 18.2 Å². The van der Waals surface area contributed by atoms with Crippen LogP contribution in [0.1, 0.15) is 18.1 Å². The maximum atomic E-state index is 11.5. The zero-order valence-electron chi connectivity index (χ0n) is 11.2. The van der Waals surface area contributed by atoms with Gasteiger partial charge in [-0.15, -0.1) is 0 Å². The molecular formula is C12H16N2O5S. The summed E-state index contributed by atoms with van der Waals surface area (Å²) in [6, 6.07) is 4.91. The van der Waals surface area contributed by atoms with Gasteiger partial charge in [0.2, 0.25) is 10.0 Å². The molecule has 7 nitrogen and oxygen atoms in total. The van der Waals surface area contributed by atoms with E-state index in [2.05, 4.69) is 0 Å². The molecular weight excluding hydrogens is 284 g/mol. The number of amides is 1. The van der Waals surface area contributed by atoms with Crippen molar-refractivity contribution in [2.45, 2.75) is 12.5 Å². The predicted molar refractivity (Wildman–Crippen MR) is 73.2 cm³/mol. The zero-order valence-corrected chi connectivity index (χ0v) is 12.0. The molecule has 0 radical (unpaired) electrons. The molecule has 110 valence electrons. The zero-order chi connectivity index (χ0) is 14.9. The van der Waals surface area contributed by atoms with Crippen molar-refractivity contribution in [1.82, 2.24) is 0 Å². The Morgan fingerprint density at radius 3 is 2.80 bits per heavy atom. The molecule has 0 saturated heterocycles. The molecule has 1 heterocycles. The van der Waals surface area contributed by atoms with Gasteiger partial charge in [0.05, 0.1) is 18.6 Å². The number of nitrogens with two attached hydrogens (primary N) is 1. The predicted octanol–water partition coefficient (Wildman–Crippen LogP) is 1.00. The Morgan fingerprint density at radius 2 is 2.20 bits per heavy atom. The van der Waals surface area contributed by atoms with Gasteiger partial charge in [-0.3, -0.25) is 4.31 Å². The average molecular weight is 300 g/mol. The molecule has 1 aromatic carbocycles. The second-order valence-corrected chi connectivity index (χ2v) is 6.53.